The topological polar surface area (TPSA) is 82.9 Å². The van der Waals surface area contributed by atoms with Crippen molar-refractivity contribution in [2.24, 2.45) is 5.92 Å². The molecule has 1 saturated heterocycles. The first-order chi connectivity index (χ1) is 13.3. The zero-order valence-corrected chi connectivity index (χ0v) is 16.4. The lowest BCUT2D eigenvalue weighted by Gasteiger charge is -2.21. The van der Waals surface area contributed by atoms with Gasteiger partial charge in [0, 0.05) is 25.7 Å². The molecule has 3 amide bonds. The van der Waals surface area contributed by atoms with E-state index in [0.717, 1.165) is 16.8 Å². The van der Waals surface area contributed by atoms with Gasteiger partial charge in [-0.25, -0.2) is 0 Å². The van der Waals surface area contributed by atoms with Crippen LogP contribution in [0.1, 0.15) is 23.3 Å². The van der Waals surface area contributed by atoms with Gasteiger partial charge >= 0.3 is 0 Å². The van der Waals surface area contributed by atoms with Crippen LogP contribution in [-0.2, 0) is 20.9 Å². The van der Waals surface area contributed by atoms with Crippen LogP contribution in [0.25, 0.3) is 0 Å². The number of carbonyl (C=O) groups excluding carboxylic acids is 3. The number of rotatable bonds is 6. The molecule has 1 aliphatic heterocycles. The van der Waals surface area contributed by atoms with E-state index < -0.39 is 5.92 Å². The van der Waals surface area contributed by atoms with Crippen LogP contribution in [-0.4, -0.2) is 47.7 Å². The molecule has 1 aromatic carbocycles. The van der Waals surface area contributed by atoms with Crippen LogP contribution in [0, 0.1) is 19.8 Å². The number of hydrogen-bond donors (Lipinski definition) is 1. The molecule has 0 aliphatic carbocycles. The molecule has 0 saturated carbocycles. The third-order valence-corrected chi connectivity index (χ3v) is 5.13. The fourth-order valence-corrected chi connectivity index (χ4v) is 3.36. The van der Waals surface area contributed by atoms with Crippen LogP contribution in [0.3, 0.4) is 0 Å². The molecule has 0 spiro atoms. The van der Waals surface area contributed by atoms with E-state index in [0.29, 0.717) is 18.8 Å². The zero-order chi connectivity index (χ0) is 20.3. The second-order valence-electron chi connectivity index (χ2n) is 7.24. The summed E-state index contributed by atoms with van der Waals surface area (Å²) in [7, 11) is 1.59. The number of carbonyl (C=O) groups is 3. The Morgan fingerprint density at radius 2 is 2.04 bits per heavy atom. The number of benzene rings is 1. The van der Waals surface area contributed by atoms with E-state index in [1.165, 1.54) is 4.90 Å². The second kappa shape index (κ2) is 8.29. The molecule has 1 unspecified atom stereocenters. The maximum absolute atomic E-state index is 12.7. The number of anilines is 1. The van der Waals surface area contributed by atoms with Gasteiger partial charge in [0.1, 0.15) is 5.76 Å². The molecule has 7 nitrogen and oxygen atoms in total. The second-order valence-corrected chi connectivity index (χ2v) is 7.24. The average molecular weight is 383 g/mol. The number of hydrogen-bond acceptors (Lipinski definition) is 4. The number of nitrogens with zero attached hydrogens (tertiary/aromatic N) is 2. The molecule has 148 valence electrons. The number of amides is 3. The van der Waals surface area contributed by atoms with E-state index in [9.17, 15) is 14.4 Å². The molecule has 3 rings (SSSR count). The lowest BCUT2D eigenvalue weighted by atomic mass is 10.1. The highest BCUT2D eigenvalue weighted by Crippen LogP contribution is 2.22. The van der Waals surface area contributed by atoms with Crippen molar-refractivity contribution in [3.63, 3.8) is 0 Å². The van der Waals surface area contributed by atoms with Crippen molar-refractivity contribution in [1.82, 2.24) is 9.80 Å². The first-order valence-electron chi connectivity index (χ1n) is 9.26. The Morgan fingerprint density at radius 3 is 2.75 bits per heavy atom. The Morgan fingerprint density at radius 1 is 1.25 bits per heavy atom. The highest BCUT2D eigenvalue weighted by Gasteiger charge is 2.36. The molecular weight excluding hydrogens is 358 g/mol. The lowest BCUT2D eigenvalue weighted by Crippen LogP contribution is -2.39. The number of furan rings is 1. The fraction of sp³-hybridized carbons (Fsp3) is 0.381. The molecule has 7 heteroatoms. The largest absolute Gasteiger partial charge is 0.467 e. The molecule has 1 aliphatic rings. The highest BCUT2D eigenvalue weighted by molar-refractivity contribution is 5.96. The fourth-order valence-electron chi connectivity index (χ4n) is 3.36. The number of aryl methyl sites for hydroxylation is 1. The van der Waals surface area contributed by atoms with Crippen molar-refractivity contribution in [3.8, 4) is 0 Å². The molecule has 0 bridgehead atoms. The Kier molecular flexibility index (Phi) is 5.82. The van der Waals surface area contributed by atoms with Crippen molar-refractivity contribution >= 4 is 23.4 Å². The smallest absolute Gasteiger partial charge is 0.243 e. The molecule has 2 aromatic rings. The summed E-state index contributed by atoms with van der Waals surface area (Å²) in [6.07, 6.45) is 1.71. The van der Waals surface area contributed by atoms with E-state index in [-0.39, 0.29) is 30.7 Å². The van der Waals surface area contributed by atoms with Crippen molar-refractivity contribution in [1.29, 1.82) is 0 Å². The van der Waals surface area contributed by atoms with Crippen molar-refractivity contribution in [2.75, 3.05) is 25.5 Å². The summed E-state index contributed by atoms with van der Waals surface area (Å²) in [4.78, 5) is 40.2. The number of likely N-dealkylation sites (N-methyl/N-ethyl adjacent to an activating group) is 1. The SMILES string of the molecule is Cc1cccc(NC(=O)CN(C)C(=O)C2CC(=O)N(Cc3ccco3)C2)c1C. The van der Waals surface area contributed by atoms with Gasteiger partial charge in [-0.2, -0.15) is 0 Å². The van der Waals surface area contributed by atoms with Crippen LogP contribution >= 0.6 is 0 Å². The van der Waals surface area contributed by atoms with Gasteiger partial charge in [0.2, 0.25) is 17.7 Å². The van der Waals surface area contributed by atoms with Crippen LogP contribution < -0.4 is 5.32 Å². The van der Waals surface area contributed by atoms with Gasteiger partial charge in [-0.15, -0.1) is 0 Å². The molecule has 1 N–H and O–H groups in total. The first-order valence-corrected chi connectivity index (χ1v) is 9.26. The normalized spacial score (nSPS) is 16.3. The molecule has 1 atom stereocenters. The van der Waals surface area contributed by atoms with Crippen LogP contribution in [0.15, 0.2) is 41.0 Å². The summed E-state index contributed by atoms with van der Waals surface area (Å²) in [5.41, 5.74) is 2.83. The lowest BCUT2D eigenvalue weighted by molar-refractivity contribution is -0.137. The predicted octanol–water partition coefficient (Wildman–Crippen LogP) is 2.34. The summed E-state index contributed by atoms with van der Waals surface area (Å²) in [6.45, 7) is 4.55. The molecule has 28 heavy (non-hydrogen) atoms. The predicted molar refractivity (Wildman–Crippen MR) is 104 cm³/mol. The first kappa shape index (κ1) is 19.7. The summed E-state index contributed by atoms with van der Waals surface area (Å²) in [5.74, 6) is -0.306. The van der Waals surface area contributed by atoms with Crippen molar-refractivity contribution < 1.29 is 18.8 Å². The Balaban J connectivity index is 1.54. The van der Waals surface area contributed by atoms with Gasteiger partial charge in [-0.1, -0.05) is 12.1 Å². The van der Waals surface area contributed by atoms with Gasteiger partial charge in [0.05, 0.1) is 25.3 Å². The summed E-state index contributed by atoms with van der Waals surface area (Å²) < 4.78 is 5.27. The van der Waals surface area contributed by atoms with Gasteiger partial charge in [-0.3, -0.25) is 14.4 Å². The third-order valence-electron chi connectivity index (χ3n) is 5.13. The minimum atomic E-state index is -0.444. The van der Waals surface area contributed by atoms with Crippen molar-refractivity contribution in [2.45, 2.75) is 26.8 Å². The standard InChI is InChI=1S/C21H25N3O4/c1-14-6-4-8-18(15(14)2)22-19(25)13-23(3)21(27)16-10-20(26)24(11-16)12-17-7-5-9-28-17/h4-9,16H,10-13H2,1-3H3,(H,22,25). The Labute approximate surface area is 164 Å². The van der Waals surface area contributed by atoms with E-state index in [1.54, 1.807) is 30.3 Å². The van der Waals surface area contributed by atoms with Gasteiger partial charge in [0.15, 0.2) is 0 Å². The summed E-state index contributed by atoms with van der Waals surface area (Å²) in [5, 5.41) is 2.85. The minimum absolute atomic E-state index is 0.0604. The average Bonchev–Trinajstić information content (AvgIpc) is 3.29. The number of nitrogens with one attached hydrogen (secondary N) is 1. The van der Waals surface area contributed by atoms with E-state index in [4.69, 9.17) is 4.42 Å². The molecule has 1 fully saturated rings. The van der Waals surface area contributed by atoms with Crippen LogP contribution in [0.5, 0.6) is 0 Å². The molecule has 1 aromatic heterocycles. The monoisotopic (exact) mass is 383 g/mol. The van der Waals surface area contributed by atoms with Crippen molar-refractivity contribution in [3.05, 3.63) is 53.5 Å². The highest BCUT2D eigenvalue weighted by atomic mass is 16.3. The molecule has 2 heterocycles. The Bertz CT molecular complexity index is 876. The molecular formula is C21H25N3O4. The van der Waals surface area contributed by atoms with E-state index >= 15 is 0 Å². The van der Waals surface area contributed by atoms with Gasteiger partial charge < -0.3 is 19.5 Å². The Hall–Kier alpha value is -3.09. The summed E-state index contributed by atoms with van der Waals surface area (Å²) in [6, 6.07) is 9.26. The minimum Gasteiger partial charge on any atom is -0.467 e. The maximum Gasteiger partial charge on any atom is 0.243 e. The van der Waals surface area contributed by atoms with Gasteiger partial charge in [0.25, 0.3) is 0 Å². The molecule has 0 radical (unpaired) electrons. The quantitative estimate of drug-likeness (QED) is 0.830. The summed E-state index contributed by atoms with van der Waals surface area (Å²) >= 11 is 0. The zero-order valence-electron chi connectivity index (χ0n) is 16.4. The third kappa shape index (κ3) is 4.42. The maximum atomic E-state index is 12.7. The van der Waals surface area contributed by atoms with Gasteiger partial charge in [-0.05, 0) is 43.2 Å². The van der Waals surface area contributed by atoms with E-state index in [1.807, 2.05) is 32.0 Å². The van der Waals surface area contributed by atoms with E-state index in [2.05, 4.69) is 5.32 Å². The van der Waals surface area contributed by atoms with Crippen LogP contribution in [0.4, 0.5) is 5.69 Å². The van der Waals surface area contributed by atoms with Crippen LogP contribution in [0.2, 0.25) is 0 Å². The number of likely N-dealkylation sites (tertiary alicyclic amines) is 1.